The first-order valence-electron chi connectivity index (χ1n) is 3.72. The van der Waals surface area contributed by atoms with Crippen LogP contribution in [0.5, 0.6) is 0 Å². The van der Waals surface area contributed by atoms with Crippen LogP contribution in [0.1, 0.15) is 10.4 Å². The second kappa shape index (κ2) is 3.71. The molecule has 2 nitrogen and oxygen atoms in total. The number of thiophene rings is 1. The Morgan fingerprint density at radius 1 is 1.50 bits per heavy atom. The normalized spacial score (nSPS) is 10.7. The summed E-state index contributed by atoms with van der Waals surface area (Å²) in [5.74, 6) is -0.899. The monoisotopic (exact) mass is 336 g/mol. The molecule has 0 saturated carbocycles. The molecular formula is C9H5IO2S2. The Kier molecular flexibility index (Phi) is 2.72. The Morgan fingerprint density at radius 2 is 2.21 bits per heavy atom. The number of carbonyl (C=O) groups is 1. The van der Waals surface area contributed by atoms with Crippen molar-refractivity contribution in [1.29, 1.82) is 0 Å². The lowest BCUT2D eigenvalue weighted by Crippen LogP contribution is -1.96. The van der Waals surface area contributed by atoms with Crippen molar-refractivity contribution in [1.82, 2.24) is 0 Å². The van der Waals surface area contributed by atoms with Crippen molar-refractivity contribution in [2.45, 2.75) is 4.90 Å². The van der Waals surface area contributed by atoms with Crippen LogP contribution in [-0.4, -0.2) is 11.1 Å². The quantitative estimate of drug-likeness (QED) is 0.618. The number of hydrogen-bond acceptors (Lipinski definition) is 3. The number of thiol groups is 1. The molecule has 72 valence electrons. The second-order valence-corrected chi connectivity index (χ2v) is 5.32. The van der Waals surface area contributed by atoms with E-state index in [1.807, 2.05) is 11.4 Å². The zero-order valence-corrected chi connectivity index (χ0v) is 10.7. The summed E-state index contributed by atoms with van der Waals surface area (Å²) >= 11 is 7.83. The minimum atomic E-state index is -0.899. The van der Waals surface area contributed by atoms with E-state index in [4.69, 9.17) is 5.11 Å². The van der Waals surface area contributed by atoms with Crippen molar-refractivity contribution in [2.75, 3.05) is 0 Å². The Bertz CT molecular complexity index is 519. The molecule has 0 radical (unpaired) electrons. The summed E-state index contributed by atoms with van der Waals surface area (Å²) in [6.45, 7) is 0. The highest BCUT2D eigenvalue weighted by atomic mass is 127. The van der Waals surface area contributed by atoms with Gasteiger partial charge in [-0.1, -0.05) is 0 Å². The molecule has 0 saturated heterocycles. The molecule has 1 heterocycles. The number of fused-ring (bicyclic) bond motifs is 1. The van der Waals surface area contributed by atoms with Crippen LogP contribution in [0.3, 0.4) is 0 Å². The number of aromatic carboxylic acids is 1. The third kappa shape index (κ3) is 1.64. The molecule has 2 rings (SSSR count). The molecule has 1 aromatic carbocycles. The van der Waals surface area contributed by atoms with Gasteiger partial charge in [0.2, 0.25) is 0 Å². The molecule has 0 aliphatic heterocycles. The van der Waals surface area contributed by atoms with Gasteiger partial charge in [0.15, 0.2) is 0 Å². The van der Waals surface area contributed by atoms with E-state index >= 15 is 0 Å². The minimum Gasteiger partial charge on any atom is -0.478 e. The maximum Gasteiger partial charge on any atom is 0.337 e. The molecule has 2 aromatic rings. The summed E-state index contributed by atoms with van der Waals surface area (Å²) in [4.78, 5) is 11.6. The van der Waals surface area contributed by atoms with Gasteiger partial charge in [0, 0.05) is 23.9 Å². The number of rotatable bonds is 1. The molecule has 14 heavy (non-hydrogen) atoms. The van der Waals surface area contributed by atoms with E-state index in [1.165, 1.54) is 11.3 Å². The Labute approximate surface area is 103 Å². The van der Waals surface area contributed by atoms with Crippen LogP contribution in [0.2, 0.25) is 0 Å². The zero-order valence-electron chi connectivity index (χ0n) is 6.82. The molecule has 0 atom stereocenters. The maximum absolute atomic E-state index is 10.9. The minimum absolute atomic E-state index is 0.334. The average molecular weight is 336 g/mol. The van der Waals surface area contributed by atoms with Crippen molar-refractivity contribution in [3.63, 3.8) is 0 Å². The van der Waals surface area contributed by atoms with Gasteiger partial charge in [0.1, 0.15) is 0 Å². The molecule has 0 amide bonds. The molecular weight excluding hydrogens is 331 g/mol. The number of carboxylic acid groups (broad SMARTS) is 1. The predicted molar refractivity (Wildman–Crippen MR) is 68.8 cm³/mol. The molecule has 1 N–H and O–H groups in total. The standard InChI is InChI=1S/C9H5IO2S2/c10-7-3-14-8-5(7)1-4(13)2-6(8)9(11)12/h1-3,13H,(H,11,12). The van der Waals surface area contributed by atoms with Crippen molar-refractivity contribution in [2.24, 2.45) is 0 Å². The molecule has 0 aliphatic rings. The topological polar surface area (TPSA) is 37.3 Å². The summed E-state index contributed by atoms with van der Waals surface area (Å²) in [5, 5.41) is 11.9. The van der Waals surface area contributed by atoms with Gasteiger partial charge in [-0.2, -0.15) is 0 Å². The molecule has 0 spiro atoms. The zero-order chi connectivity index (χ0) is 10.3. The van der Waals surface area contributed by atoms with E-state index < -0.39 is 5.97 Å². The highest BCUT2D eigenvalue weighted by molar-refractivity contribution is 14.1. The fraction of sp³-hybridized carbons (Fsp3) is 0. The van der Waals surface area contributed by atoms with Gasteiger partial charge in [0.05, 0.1) is 5.56 Å². The van der Waals surface area contributed by atoms with Crippen LogP contribution in [0.15, 0.2) is 22.4 Å². The predicted octanol–water partition coefficient (Wildman–Crippen LogP) is 3.49. The highest BCUT2D eigenvalue weighted by Crippen LogP contribution is 2.32. The fourth-order valence-electron chi connectivity index (χ4n) is 1.25. The summed E-state index contributed by atoms with van der Waals surface area (Å²) in [6.07, 6.45) is 0. The Hall–Kier alpha value is -0.270. The van der Waals surface area contributed by atoms with Gasteiger partial charge in [-0.15, -0.1) is 24.0 Å². The van der Waals surface area contributed by atoms with Crippen LogP contribution in [0, 0.1) is 3.57 Å². The average Bonchev–Trinajstić information content (AvgIpc) is 2.47. The van der Waals surface area contributed by atoms with Gasteiger partial charge in [0.25, 0.3) is 0 Å². The maximum atomic E-state index is 10.9. The van der Waals surface area contributed by atoms with Gasteiger partial charge < -0.3 is 5.11 Å². The van der Waals surface area contributed by atoms with E-state index in [9.17, 15) is 4.79 Å². The molecule has 0 aliphatic carbocycles. The van der Waals surface area contributed by atoms with E-state index in [-0.39, 0.29) is 0 Å². The lowest BCUT2D eigenvalue weighted by Gasteiger charge is -1.99. The summed E-state index contributed by atoms with van der Waals surface area (Å²) in [7, 11) is 0. The second-order valence-electron chi connectivity index (χ2n) is 2.76. The van der Waals surface area contributed by atoms with Crippen LogP contribution >= 0.6 is 46.6 Å². The van der Waals surface area contributed by atoms with Gasteiger partial charge in [-0.25, -0.2) is 4.79 Å². The van der Waals surface area contributed by atoms with Crippen molar-refractivity contribution in [3.05, 3.63) is 26.6 Å². The number of halogens is 1. The summed E-state index contributed by atoms with van der Waals surface area (Å²) < 4.78 is 1.89. The third-order valence-electron chi connectivity index (χ3n) is 1.84. The van der Waals surface area contributed by atoms with E-state index in [2.05, 4.69) is 35.2 Å². The lowest BCUT2D eigenvalue weighted by molar-refractivity contribution is 0.0699. The largest absolute Gasteiger partial charge is 0.478 e. The van der Waals surface area contributed by atoms with E-state index in [0.717, 1.165) is 13.7 Å². The van der Waals surface area contributed by atoms with Crippen LogP contribution in [0.25, 0.3) is 10.1 Å². The molecule has 5 heteroatoms. The van der Waals surface area contributed by atoms with Crippen molar-refractivity contribution in [3.8, 4) is 0 Å². The van der Waals surface area contributed by atoms with Crippen molar-refractivity contribution >= 4 is 62.6 Å². The number of benzene rings is 1. The first kappa shape index (κ1) is 10.3. The Morgan fingerprint density at radius 3 is 2.86 bits per heavy atom. The third-order valence-corrected chi connectivity index (χ3v) is 4.44. The Balaban J connectivity index is 2.88. The first-order valence-corrected chi connectivity index (χ1v) is 6.13. The van der Waals surface area contributed by atoms with Gasteiger partial charge in [-0.05, 0) is 34.7 Å². The van der Waals surface area contributed by atoms with Gasteiger partial charge in [-0.3, -0.25) is 0 Å². The molecule has 0 bridgehead atoms. The molecule has 0 unspecified atom stereocenters. The number of hydrogen-bond donors (Lipinski definition) is 2. The first-order chi connectivity index (χ1) is 6.59. The fourth-order valence-corrected chi connectivity index (χ4v) is 3.42. The SMILES string of the molecule is O=C(O)c1cc(S)cc2c(I)csc12. The highest BCUT2D eigenvalue weighted by Gasteiger charge is 2.12. The van der Waals surface area contributed by atoms with E-state index in [1.54, 1.807) is 6.07 Å². The van der Waals surface area contributed by atoms with Crippen LogP contribution < -0.4 is 0 Å². The summed E-state index contributed by atoms with van der Waals surface area (Å²) in [5.41, 5.74) is 0.334. The van der Waals surface area contributed by atoms with Crippen molar-refractivity contribution < 1.29 is 9.90 Å². The summed E-state index contributed by atoms with van der Waals surface area (Å²) in [6, 6.07) is 3.48. The number of carboxylic acids is 1. The van der Waals surface area contributed by atoms with E-state index in [0.29, 0.717) is 10.5 Å². The van der Waals surface area contributed by atoms with Crippen LogP contribution in [-0.2, 0) is 0 Å². The molecule has 0 fully saturated rings. The lowest BCUT2D eigenvalue weighted by atomic mass is 10.2. The molecule has 1 aromatic heterocycles. The van der Waals surface area contributed by atoms with Gasteiger partial charge >= 0.3 is 5.97 Å². The van der Waals surface area contributed by atoms with Crippen LogP contribution in [0.4, 0.5) is 0 Å². The smallest absolute Gasteiger partial charge is 0.337 e.